The zero-order valence-corrected chi connectivity index (χ0v) is 18.2. The van der Waals surface area contributed by atoms with Crippen molar-refractivity contribution in [2.75, 3.05) is 32.7 Å². The predicted molar refractivity (Wildman–Crippen MR) is 119 cm³/mol. The molecule has 2 N–H and O–H groups in total. The van der Waals surface area contributed by atoms with Crippen LogP contribution in [0.25, 0.3) is 11.1 Å². The molecular weight excluding hydrogens is 417 g/mol. The minimum absolute atomic E-state index is 0.217. The second-order valence-corrected chi connectivity index (χ2v) is 8.94. The number of nitrogens with zero attached hydrogens (tertiary/aromatic N) is 1. The summed E-state index contributed by atoms with van der Waals surface area (Å²) < 4.78 is 44.3. The zero-order chi connectivity index (χ0) is 22.6. The van der Waals surface area contributed by atoms with Gasteiger partial charge in [-0.25, -0.2) is 0 Å². The number of piperazine rings is 1. The number of benzene rings is 2. The summed E-state index contributed by atoms with van der Waals surface area (Å²) in [6.45, 7) is 4.09. The number of hydrogen-bond donors (Lipinski definition) is 2. The lowest BCUT2D eigenvalue weighted by Crippen LogP contribution is -2.49. The monoisotopic (exact) mass is 448 g/mol. The van der Waals surface area contributed by atoms with Crippen LogP contribution in [0.15, 0.2) is 48.5 Å². The van der Waals surface area contributed by atoms with Gasteiger partial charge < -0.3 is 20.1 Å². The largest absolute Gasteiger partial charge is 0.573 e. The van der Waals surface area contributed by atoms with Gasteiger partial charge in [0.2, 0.25) is 0 Å². The summed E-state index contributed by atoms with van der Waals surface area (Å²) in [5, 5.41) is 14.9. The maximum Gasteiger partial charge on any atom is 0.573 e. The van der Waals surface area contributed by atoms with Crippen LogP contribution in [0.1, 0.15) is 43.6 Å². The molecule has 0 radical (unpaired) electrons. The summed E-state index contributed by atoms with van der Waals surface area (Å²) in [6.07, 6.45) is -0.513. The van der Waals surface area contributed by atoms with Crippen molar-refractivity contribution < 1.29 is 23.0 Å². The van der Waals surface area contributed by atoms with E-state index in [2.05, 4.69) is 15.0 Å². The lowest BCUT2D eigenvalue weighted by Gasteiger charge is -2.42. The van der Waals surface area contributed by atoms with Crippen molar-refractivity contribution in [2.45, 2.75) is 50.0 Å². The molecular formula is C25H31F3N2O2. The lowest BCUT2D eigenvalue weighted by atomic mass is 9.72. The van der Waals surface area contributed by atoms with Gasteiger partial charge in [0, 0.05) is 44.2 Å². The van der Waals surface area contributed by atoms with Gasteiger partial charge in [0.05, 0.1) is 5.60 Å². The predicted octanol–water partition coefficient (Wildman–Crippen LogP) is 4.94. The lowest BCUT2D eigenvalue weighted by molar-refractivity contribution is -0.274. The third-order valence-electron chi connectivity index (χ3n) is 6.74. The topological polar surface area (TPSA) is 44.7 Å². The van der Waals surface area contributed by atoms with E-state index < -0.39 is 12.0 Å². The number of aliphatic hydroxyl groups is 1. The molecule has 2 aromatic rings. The number of alkyl halides is 3. The third kappa shape index (κ3) is 5.63. The highest BCUT2D eigenvalue weighted by Gasteiger charge is 2.40. The number of halogens is 3. The van der Waals surface area contributed by atoms with E-state index in [1.165, 1.54) is 6.07 Å². The van der Waals surface area contributed by atoms with E-state index in [1.54, 1.807) is 30.3 Å². The third-order valence-corrected chi connectivity index (χ3v) is 6.74. The first-order chi connectivity index (χ1) is 15.3. The highest BCUT2D eigenvalue weighted by atomic mass is 19.4. The van der Waals surface area contributed by atoms with Crippen molar-refractivity contribution in [3.63, 3.8) is 0 Å². The summed E-state index contributed by atoms with van der Waals surface area (Å²) in [7, 11) is 0. The normalized spacial score (nSPS) is 20.6. The van der Waals surface area contributed by atoms with Crippen molar-refractivity contribution in [3.05, 3.63) is 54.1 Å². The summed E-state index contributed by atoms with van der Waals surface area (Å²) in [6, 6.07) is 14.0. The van der Waals surface area contributed by atoms with E-state index in [1.807, 2.05) is 12.1 Å². The second-order valence-electron chi connectivity index (χ2n) is 8.94. The fourth-order valence-electron chi connectivity index (χ4n) is 5.07. The van der Waals surface area contributed by atoms with Crippen LogP contribution in [-0.4, -0.2) is 54.7 Å². The molecule has 1 heterocycles. The van der Waals surface area contributed by atoms with Gasteiger partial charge in [-0.1, -0.05) is 61.7 Å². The van der Waals surface area contributed by atoms with E-state index in [4.69, 9.17) is 0 Å². The first-order valence-electron chi connectivity index (χ1n) is 11.4. The van der Waals surface area contributed by atoms with E-state index in [-0.39, 0.29) is 11.7 Å². The number of rotatable bonds is 6. The summed E-state index contributed by atoms with van der Waals surface area (Å²) in [5.74, 6) is -0.493. The molecule has 2 aliphatic rings. The van der Waals surface area contributed by atoms with Gasteiger partial charge >= 0.3 is 6.36 Å². The molecule has 1 saturated heterocycles. The summed E-state index contributed by atoms with van der Waals surface area (Å²) in [5.41, 5.74) is 0.829. The molecule has 1 saturated carbocycles. The molecule has 174 valence electrons. The van der Waals surface area contributed by atoms with Crippen LogP contribution in [0.2, 0.25) is 0 Å². The number of hydrogen-bond acceptors (Lipinski definition) is 4. The fraction of sp³-hybridized carbons (Fsp3) is 0.520. The highest BCUT2D eigenvalue weighted by molar-refractivity contribution is 5.71. The first kappa shape index (κ1) is 23.1. The Kier molecular flexibility index (Phi) is 7.08. The molecule has 4 nitrogen and oxygen atoms in total. The molecule has 0 aromatic heterocycles. The van der Waals surface area contributed by atoms with Crippen LogP contribution >= 0.6 is 0 Å². The number of nitrogens with one attached hydrogen (secondary N) is 1. The van der Waals surface area contributed by atoms with Gasteiger partial charge in [-0.3, -0.25) is 0 Å². The Morgan fingerprint density at radius 3 is 2.34 bits per heavy atom. The zero-order valence-electron chi connectivity index (χ0n) is 18.2. The van der Waals surface area contributed by atoms with E-state index in [9.17, 15) is 18.3 Å². The molecule has 2 aromatic carbocycles. The van der Waals surface area contributed by atoms with E-state index in [0.717, 1.165) is 45.4 Å². The number of ether oxygens (including phenoxy) is 1. The molecule has 0 amide bonds. The van der Waals surface area contributed by atoms with Crippen LogP contribution in [0.5, 0.6) is 5.75 Å². The van der Waals surface area contributed by atoms with Crippen molar-refractivity contribution in [2.24, 2.45) is 0 Å². The molecule has 2 fully saturated rings. The summed E-state index contributed by atoms with van der Waals surface area (Å²) in [4.78, 5) is 2.29. The Bertz CT molecular complexity index is 877. The Morgan fingerprint density at radius 2 is 1.69 bits per heavy atom. The average Bonchev–Trinajstić information content (AvgIpc) is 2.78. The van der Waals surface area contributed by atoms with Gasteiger partial charge in [0.15, 0.2) is 0 Å². The van der Waals surface area contributed by atoms with Gasteiger partial charge in [-0.2, -0.15) is 0 Å². The van der Waals surface area contributed by atoms with Crippen LogP contribution in [0.3, 0.4) is 0 Å². The Morgan fingerprint density at radius 1 is 1.00 bits per heavy atom. The van der Waals surface area contributed by atoms with Crippen LogP contribution in [-0.2, 0) is 0 Å². The summed E-state index contributed by atoms with van der Waals surface area (Å²) >= 11 is 0. The molecule has 0 bridgehead atoms. The average molecular weight is 449 g/mol. The second kappa shape index (κ2) is 9.81. The molecule has 0 spiro atoms. The molecule has 1 aliphatic heterocycles. The van der Waals surface area contributed by atoms with Crippen molar-refractivity contribution in [1.82, 2.24) is 10.2 Å². The first-order valence-corrected chi connectivity index (χ1v) is 11.4. The van der Waals surface area contributed by atoms with Gasteiger partial charge in [0.1, 0.15) is 5.75 Å². The van der Waals surface area contributed by atoms with Crippen LogP contribution < -0.4 is 10.1 Å². The molecule has 1 unspecified atom stereocenters. The standard InChI is InChI=1S/C25H31F3N2O2/c26-25(27,28)32-23-17-20(9-10-21(23)19-7-3-1-4-8-19)22(18-30-15-13-29-14-16-30)24(31)11-5-2-6-12-24/h1,3-4,7-10,17,22,29,31H,2,5-6,11-16,18H2. The van der Waals surface area contributed by atoms with Gasteiger partial charge in [0.25, 0.3) is 0 Å². The molecule has 4 rings (SSSR count). The Labute approximate surface area is 187 Å². The Hall–Kier alpha value is -2.09. The quantitative estimate of drug-likeness (QED) is 0.657. The van der Waals surface area contributed by atoms with Crippen LogP contribution in [0, 0.1) is 0 Å². The molecule has 32 heavy (non-hydrogen) atoms. The van der Waals surface area contributed by atoms with Crippen molar-refractivity contribution in [3.8, 4) is 16.9 Å². The fourth-order valence-corrected chi connectivity index (χ4v) is 5.07. The minimum atomic E-state index is -4.79. The van der Waals surface area contributed by atoms with E-state index in [0.29, 0.717) is 36.1 Å². The van der Waals surface area contributed by atoms with Crippen molar-refractivity contribution >= 4 is 0 Å². The van der Waals surface area contributed by atoms with Gasteiger partial charge in [-0.15, -0.1) is 13.2 Å². The molecule has 7 heteroatoms. The molecule has 1 atom stereocenters. The SMILES string of the molecule is OC1(C(CN2CCNCC2)c2ccc(-c3ccccc3)c(OC(F)(F)F)c2)CCCCC1. The van der Waals surface area contributed by atoms with Gasteiger partial charge in [-0.05, 0) is 30.0 Å². The maximum absolute atomic E-state index is 13.3. The highest BCUT2D eigenvalue weighted by Crippen LogP contribution is 2.43. The minimum Gasteiger partial charge on any atom is -0.405 e. The maximum atomic E-state index is 13.3. The van der Waals surface area contributed by atoms with Crippen molar-refractivity contribution in [1.29, 1.82) is 0 Å². The molecule has 1 aliphatic carbocycles. The van der Waals surface area contributed by atoms with E-state index >= 15 is 0 Å². The smallest absolute Gasteiger partial charge is 0.405 e. The van der Waals surface area contributed by atoms with Crippen LogP contribution in [0.4, 0.5) is 13.2 Å². The Balaban J connectivity index is 1.73.